The van der Waals surface area contributed by atoms with Crippen LogP contribution >= 0.6 is 11.8 Å². The predicted molar refractivity (Wildman–Crippen MR) is 90.4 cm³/mol. The molecular formula is C18H28O2S. The van der Waals surface area contributed by atoms with E-state index in [1.165, 1.54) is 10.5 Å². The van der Waals surface area contributed by atoms with E-state index in [4.69, 9.17) is 9.47 Å². The summed E-state index contributed by atoms with van der Waals surface area (Å²) < 4.78 is 11.5. The number of benzene rings is 1. The van der Waals surface area contributed by atoms with Crippen LogP contribution in [0, 0.1) is 11.8 Å². The number of rotatable bonds is 7. The Hall–Kier alpha value is -0.670. The molecule has 0 N–H and O–H groups in total. The maximum absolute atomic E-state index is 6.11. The van der Waals surface area contributed by atoms with E-state index in [2.05, 4.69) is 39.0 Å². The van der Waals surface area contributed by atoms with Crippen LogP contribution in [-0.2, 0) is 11.2 Å². The van der Waals surface area contributed by atoms with Crippen molar-refractivity contribution in [1.82, 2.24) is 0 Å². The van der Waals surface area contributed by atoms with Crippen molar-refractivity contribution >= 4 is 11.8 Å². The zero-order valence-electron chi connectivity index (χ0n) is 13.6. The van der Waals surface area contributed by atoms with Gasteiger partial charge >= 0.3 is 0 Å². The third kappa shape index (κ3) is 5.55. The van der Waals surface area contributed by atoms with Crippen molar-refractivity contribution in [2.24, 2.45) is 11.8 Å². The van der Waals surface area contributed by atoms with Crippen LogP contribution < -0.4 is 4.74 Å². The SMILES string of the molecule is CCSc1cc(CC(C)C)ccc1OCC1CCOCC1. The standard InChI is InChI=1S/C18H28O2S/c1-4-21-18-12-16(11-14(2)3)5-6-17(18)20-13-15-7-9-19-10-8-15/h5-6,12,14-15H,4,7-11,13H2,1-3H3. The fourth-order valence-corrected chi connectivity index (χ4v) is 3.47. The molecule has 1 saturated heterocycles. The lowest BCUT2D eigenvalue weighted by Crippen LogP contribution is -2.21. The highest BCUT2D eigenvalue weighted by atomic mass is 32.2. The summed E-state index contributed by atoms with van der Waals surface area (Å²) in [5, 5.41) is 0. The van der Waals surface area contributed by atoms with Gasteiger partial charge in [0.15, 0.2) is 0 Å². The second kappa shape index (κ2) is 8.70. The Morgan fingerprint density at radius 2 is 2.05 bits per heavy atom. The van der Waals surface area contributed by atoms with Crippen molar-refractivity contribution in [2.75, 3.05) is 25.6 Å². The highest BCUT2D eigenvalue weighted by Crippen LogP contribution is 2.32. The van der Waals surface area contributed by atoms with Crippen molar-refractivity contribution in [3.63, 3.8) is 0 Å². The number of thioether (sulfide) groups is 1. The van der Waals surface area contributed by atoms with E-state index in [-0.39, 0.29) is 0 Å². The molecule has 0 unspecified atom stereocenters. The first-order chi connectivity index (χ1) is 10.2. The van der Waals surface area contributed by atoms with Crippen molar-refractivity contribution in [3.05, 3.63) is 23.8 Å². The van der Waals surface area contributed by atoms with Gasteiger partial charge < -0.3 is 9.47 Å². The average molecular weight is 308 g/mol. The molecule has 1 heterocycles. The second-order valence-corrected chi connectivity index (χ2v) is 7.48. The van der Waals surface area contributed by atoms with Gasteiger partial charge in [-0.15, -0.1) is 11.8 Å². The van der Waals surface area contributed by atoms with Gasteiger partial charge in [-0.05, 0) is 54.5 Å². The summed E-state index contributed by atoms with van der Waals surface area (Å²) in [7, 11) is 0. The Kier molecular flexibility index (Phi) is 6.91. The summed E-state index contributed by atoms with van der Waals surface area (Å²) >= 11 is 1.88. The van der Waals surface area contributed by atoms with Crippen LogP contribution in [0.5, 0.6) is 5.75 Å². The van der Waals surface area contributed by atoms with Gasteiger partial charge in [-0.2, -0.15) is 0 Å². The summed E-state index contributed by atoms with van der Waals surface area (Å²) in [5.41, 5.74) is 1.42. The molecule has 0 bridgehead atoms. The van der Waals surface area contributed by atoms with E-state index >= 15 is 0 Å². The monoisotopic (exact) mass is 308 g/mol. The van der Waals surface area contributed by atoms with Crippen molar-refractivity contribution < 1.29 is 9.47 Å². The minimum atomic E-state index is 0.647. The van der Waals surface area contributed by atoms with Crippen LogP contribution in [0.15, 0.2) is 23.1 Å². The summed E-state index contributed by atoms with van der Waals surface area (Å²) in [6.45, 7) is 9.33. The van der Waals surface area contributed by atoms with Crippen LogP contribution in [-0.4, -0.2) is 25.6 Å². The van der Waals surface area contributed by atoms with E-state index in [1.54, 1.807) is 0 Å². The first kappa shape index (κ1) is 16.7. The molecule has 2 nitrogen and oxygen atoms in total. The molecule has 0 aromatic heterocycles. The molecule has 3 heteroatoms. The van der Waals surface area contributed by atoms with Crippen LogP contribution in [0.3, 0.4) is 0 Å². The molecule has 1 aromatic carbocycles. The van der Waals surface area contributed by atoms with Crippen molar-refractivity contribution in [2.45, 2.75) is 44.9 Å². The van der Waals surface area contributed by atoms with Gasteiger partial charge in [-0.1, -0.05) is 26.8 Å². The van der Waals surface area contributed by atoms with Gasteiger partial charge in [-0.25, -0.2) is 0 Å². The van der Waals surface area contributed by atoms with Crippen LogP contribution in [0.1, 0.15) is 39.2 Å². The second-order valence-electron chi connectivity index (χ2n) is 6.18. The number of hydrogen-bond acceptors (Lipinski definition) is 3. The molecular weight excluding hydrogens is 280 g/mol. The normalized spacial score (nSPS) is 16.4. The fraction of sp³-hybridized carbons (Fsp3) is 0.667. The zero-order valence-corrected chi connectivity index (χ0v) is 14.4. The average Bonchev–Trinajstić information content (AvgIpc) is 2.47. The highest BCUT2D eigenvalue weighted by Gasteiger charge is 2.15. The molecule has 0 saturated carbocycles. The topological polar surface area (TPSA) is 18.5 Å². The Bertz CT molecular complexity index is 425. The smallest absolute Gasteiger partial charge is 0.132 e. The summed E-state index contributed by atoms with van der Waals surface area (Å²) in [6.07, 6.45) is 3.39. The summed E-state index contributed by atoms with van der Waals surface area (Å²) in [6, 6.07) is 6.70. The van der Waals surface area contributed by atoms with Crippen molar-refractivity contribution in [3.8, 4) is 5.75 Å². The van der Waals surface area contributed by atoms with Gasteiger partial charge in [0.25, 0.3) is 0 Å². The maximum atomic E-state index is 6.11. The minimum Gasteiger partial charge on any atom is -0.492 e. The molecule has 1 aliphatic rings. The number of hydrogen-bond donors (Lipinski definition) is 0. The van der Waals surface area contributed by atoms with E-state index in [0.29, 0.717) is 11.8 Å². The first-order valence-electron chi connectivity index (χ1n) is 8.15. The maximum Gasteiger partial charge on any atom is 0.132 e. The summed E-state index contributed by atoms with van der Waals surface area (Å²) in [4.78, 5) is 1.29. The van der Waals surface area contributed by atoms with Crippen molar-refractivity contribution in [1.29, 1.82) is 0 Å². The molecule has 118 valence electrons. The third-order valence-corrected chi connectivity index (χ3v) is 4.69. The lowest BCUT2D eigenvalue weighted by atomic mass is 10.0. The van der Waals surface area contributed by atoms with Crippen LogP contribution in [0.25, 0.3) is 0 Å². The predicted octanol–water partition coefficient (Wildman–Crippen LogP) is 4.80. The Morgan fingerprint density at radius 1 is 1.29 bits per heavy atom. The largest absolute Gasteiger partial charge is 0.492 e. The molecule has 2 rings (SSSR count). The van der Waals surface area contributed by atoms with Gasteiger partial charge in [0, 0.05) is 18.1 Å². The summed E-state index contributed by atoms with van der Waals surface area (Å²) in [5.74, 6) is 3.48. The lowest BCUT2D eigenvalue weighted by Gasteiger charge is -2.23. The molecule has 0 aliphatic carbocycles. The van der Waals surface area contributed by atoms with Crippen LogP contribution in [0.2, 0.25) is 0 Å². The molecule has 21 heavy (non-hydrogen) atoms. The Labute approximate surface area is 133 Å². The Balaban J connectivity index is 1.99. The molecule has 1 aliphatic heterocycles. The molecule has 0 atom stereocenters. The lowest BCUT2D eigenvalue weighted by molar-refractivity contribution is 0.0493. The molecule has 0 spiro atoms. The molecule has 0 amide bonds. The quantitative estimate of drug-likeness (QED) is 0.674. The molecule has 1 aromatic rings. The first-order valence-corrected chi connectivity index (χ1v) is 9.13. The zero-order chi connectivity index (χ0) is 15.1. The van der Waals surface area contributed by atoms with E-state index in [0.717, 1.165) is 50.6 Å². The van der Waals surface area contributed by atoms with E-state index in [9.17, 15) is 0 Å². The number of ether oxygens (including phenoxy) is 2. The third-order valence-electron chi connectivity index (χ3n) is 3.77. The Morgan fingerprint density at radius 3 is 2.71 bits per heavy atom. The highest BCUT2D eigenvalue weighted by molar-refractivity contribution is 7.99. The van der Waals surface area contributed by atoms with Gasteiger partial charge in [0.05, 0.1) is 6.61 Å². The minimum absolute atomic E-state index is 0.647. The molecule has 1 fully saturated rings. The van der Waals surface area contributed by atoms with Gasteiger partial charge in [0.2, 0.25) is 0 Å². The molecule has 0 radical (unpaired) electrons. The fourth-order valence-electron chi connectivity index (χ4n) is 2.66. The van der Waals surface area contributed by atoms with E-state index < -0.39 is 0 Å². The van der Waals surface area contributed by atoms with E-state index in [1.807, 2.05) is 11.8 Å². The van der Waals surface area contributed by atoms with Crippen LogP contribution in [0.4, 0.5) is 0 Å². The van der Waals surface area contributed by atoms with Gasteiger partial charge in [-0.3, -0.25) is 0 Å². The van der Waals surface area contributed by atoms with Gasteiger partial charge in [0.1, 0.15) is 5.75 Å².